The fraction of sp³-hybridized carbons (Fsp3) is 0.353. The van der Waals surface area contributed by atoms with Gasteiger partial charge in [0.25, 0.3) is 0 Å². The highest BCUT2D eigenvalue weighted by atomic mass is 32.2. The molecular formula is C17H19N3OS. The molecular weight excluding hydrogens is 294 g/mol. The molecule has 2 aromatic rings. The summed E-state index contributed by atoms with van der Waals surface area (Å²) in [7, 11) is 0. The van der Waals surface area contributed by atoms with Crippen LogP contribution in [0.4, 0.5) is 5.69 Å². The van der Waals surface area contributed by atoms with Crippen LogP contribution in [0.15, 0.2) is 47.9 Å². The van der Waals surface area contributed by atoms with E-state index in [1.807, 2.05) is 30.0 Å². The van der Waals surface area contributed by atoms with Crippen molar-refractivity contribution in [1.29, 1.82) is 0 Å². The van der Waals surface area contributed by atoms with E-state index in [9.17, 15) is 4.79 Å². The molecule has 0 aliphatic carbocycles. The summed E-state index contributed by atoms with van der Waals surface area (Å²) >= 11 is 1.41. The number of thioether (sulfide) groups is 1. The normalized spacial score (nSPS) is 18.6. The maximum absolute atomic E-state index is 12.9. The molecule has 3 rings (SSSR count). The number of aromatic nitrogens is 2. The van der Waals surface area contributed by atoms with Crippen molar-refractivity contribution in [1.82, 2.24) is 9.97 Å². The van der Waals surface area contributed by atoms with Gasteiger partial charge in [0.15, 0.2) is 5.16 Å². The summed E-state index contributed by atoms with van der Waals surface area (Å²) in [6.07, 6.45) is 5.43. The molecule has 1 amide bonds. The van der Waals surface area contributed by atoms with E-state index in [0.717, 1.165) is 18.5 Å². The van der Waals surface area contributed by atoms with Crippen LogP contribution in [0.3, 0.4) is 0 Å². The highest BCUT2D eigenvalue weighted by Gasteiger charge is 2.31. The lowest BCUT2D eigenvalue weighted by Crippen LogP contribution is -2.45. The van der Waals surface area contributed by atoms with E-state index in [0.29, 0.717) is 5.16 Å². The lowest BCUT2D eigenvalue weighted by Gasteiger charge is -2.36. The third kappa shape index (κ3) is 2.99. The monoisotopic (exact) mass is 313 g/mol. The van der Waals surface area contributed by atoms with Gasteiger partial charge in [0.1, 0.15) is 0 Å². The first-order valence-corrected chi connectivity index (χ1v) is 8.39. The Morgan fingerprint density at radius 2 is 2.00 bits per heavy atom. The molecule has 2 heterocycles. The van der Waals surface area contributed by atoms with Crippen LogP contribution in [0.2, 0.25) is 0 Å². The fourth-order valence-electron chi connectivity index (χ4n) is 2.77. The van der Waals surface area contributed by atoms with Gasteiger partial charge < -0.3 is 4.90 Å². The van der Waals surface area contributed by atoms with Gasteiger partial charge in [0.2, 0.25) is 5.91 Å². The average Bonchev–Trinajstić information content (AvgIpc) is 2.55. The van der Waals surface area contributed by atoms with Crippen molar-refractivity contribution in [3.8, 4) is 0 Å². The summed E-state index contributed by atoms with van der Waals surface area (Å²) in [6, 6.07) is 10.2. The van der Waals surface area contributed by atoms with Crippen LogP contribution in [0, 0.1) is 0 Å². The zero-order valence-electron chi connectivity index (χ0n) is 12.8. The number of rotatable bonds is 3. The van der Waals surface area contributed by atoms with Crippen molar-refractivity contribution >= 4 is 23.4 Å². The second kappa shape index (κ2) is 6.48. The van der Waals surface area contributed by atoms with Crippen LogP contribution in [0.5, 0.6) is 0 Å². The molecule has 0 N–H and O–H groups in total. The summed E-state index contributed by atoms with van der Waals surface area (Å²) < 4.78 is 0. The topological polar surface area (TPSA) is 46.1 Å². The third-order valence-electron chi connectivity index (χ3n) is 3.93. The van der Waals surface area contributed by atoms with Gasteiger partial charge in [-0.25, -0.2) is 9.97 Å². The Bertz CT molecular complexity index is 662. The number of amides is 1. The Morgan fingerprint density at radius 3 is 2.77 bits per heavy atom. The number of benzene rings is 1. The zero-order valence-corrected chi connectivity index (χ0v) is 13.6. The third-order valence-corrected chi connectivity index (χ3v) is 4.91. The highest BCUT2D eigenvalue weighted by molar-refractivity contribution is 8.00. The van der Waals surface area contributed by atoms with Crippen LogP contribution < -0.4 is 4.90 Å². The van der Waals surface area contributed by atoms with E-state index in [-0.39, 0.29) is 17.2 Å². The molecule has 5 heteroatoms. The van der Waals surface area contributed by atoms with Gasteiger partial charge in [0.05, 0.1) is 5.25 Å². The summed E-state index contributed by atoms with van der Waals surface area (Å²) in [5.41, 5.74) is 2.30. The standard InChI is InChI=1S/C17H19N3OS/c1-12-8-9-14-6-3-4-7-15(14)20(12)16(21)13(2)22-17-18-10-5-11-19-17/h3-7,10-13H,8-9H2,1-2H3/t12-,13-/m1/s1. The predicted molar refractivity (Wildman–Crippen MR) is 89.1 cm³/mol. The van der Waals surface area contributed by atoms with E-state index in [1.165, 1.54) is 17.3 Å². The molecule has 2 atom stereocenters. The fourth-order valence-corrected chi connectivity index (χ4v) is 3.55. The number of para-hydroxylation sites is 1. The van der Waals surface area contributed by atoms with Gasteiger partial charge in [-0.15, -0.1) is 0 Å². The molecule has 0 radical (unpaired) electrons. The van der Waals surface area contributed by atoms with E-state index in [1.54, 1.807) is 18.5 Å². The quantitative estimate of drug-likeness (QED) is 0.644. The highest BCUT2D eigenvalue weighted by Crippen LogP contribution is 2.33. The minimum absolute atomic E-state index is 0.122. The van der Waals surface area contributed by atoms with Gasteiger partial charge in [-0.1, -0.05) is 30.0 Å². The molecule has 0 saturated heterocycles. The van der Waals surface area contributed by atoms with Crippen molar-refractivity contribution in [3.63, 3.8) is 0 Å². The number of nitrogens with zero attached hydrogens (tertiary/aromatic N) is 3. The van der Waals surface area contributed by atoms with Gasteiger partial charge in [-0.2, -0.15) is 0 Å². The smallest absolute Gasteiger partial charge is 0.240 e. The Labute approximate surface area is 135 Å². The largest absolute Gasteiger partial charge is 0.308 e. The molecule has 1 aromatic heterocycles. The van der Waals surface area contributed by atoms with Crippen LogP contribution >= 0.6 is 11.8 Å². The van der Waals surface area contributed by atoms with Crippen LogP contribution in [-0.4, -0.2) is 27.2 Å². The first-order valence-electron chi connectivity index (χ1n) is 7.51. The molecule has 0 fully saturated rings. The number of hydrogen-bond donors (Lipinski definition) is 0. The minimum atomic E-state index is -0.212. The number of hydrogen-bond acceptors (Lipinski definition) is 4. The predicted octanol–water partition coefficient (Wildman–Crippen LogP) is 3.33. The number of fused-ring (bicyclic) bond motifs is 1. The van der Waals surface area contributed by atoms with Gasteiger partial charge in [0, 0.05) is 24.1 Å². The summed E-state index contributed by atoms with van der Waals surface area (Å²) in [6.45, 7) is 4.04. The minimum Gasteiger partial charge on any atom is -0.308 e. The van der Waals surface area contributed by atoms with Gasteiger partial charge >= 0.3 is 0 Å². The molecule has 0 saturated carbocycles. The van der Waals surface area contributed by atoms with Crippen molar-refractivity contribution in [3.05, 3.63) is 48.3 Å². The lowest BCUT2D eigenvalue weighted by molar-refractivity contribution is -0.118. The van der Waals surface area contributed by atoms with Crippen molar-refractivity contribution < 1.29 is 4.79 Å². The molecule has 0 bridgehead atoms. The van der Waals surface area contributed by atoms with Crippen LogP contribution in [-0.2, 0) is 11.2 Å². The zero-order chi connectivity index (χ0) is 15.5. The molecule has 1 aromatic carbocycles. The molecule has 1 aliphatic heterocycles. The number of carbonyl (C=O) groups excluding carboxylic acids is 1. The van der Waals surface area contributed by atoms with Gasteiger partial charge in [-0.05, 0) is 44.4 Å². The van der Waals surface area contributed by atoms with Crippen molar-refractivity contribution in [2.75, 3.05) is 4.90 Å². The van der Waals surface area contributed by atoms with Gasteiger partial charge in [-0.3, -0.25) is 4.79 Å². The van der Waals surface area contributed by atoms with E-state index in [4.69, 9.17) is 0 Å². The Morgan fingerprint density at radius 1 is 1.27 bits per heavy atom. The second-order valence-electron chi connectivity index (χ2n) is 5.52. The van der Waals surface area contributed by atoms with E-state index in [2.05, 4.69) is 23.0 Å². The number of carbonyl (C=O) groups is 1. The van der Waals surface area contributed by atoms with Crippen LogP contribution in [0.1, 0.15) is 25.8 Å². The summed E-state index contributed by atoms with van der Waals surface area (Å²) in [5.74, 6) is 0.122. The SMILES string of the molecule is C[C@@H]1CCc2ccccc2N1C(=O)[C@@H](C)Sc1ncccn1. The van der Waals surface area contributed by atoms with E-state index < -0.39 is 0 Å². The Hall–Kier alpha value is -1.88. The number of anilines is 1. The first-order chi connectivity index (χ1) is 10.7. The van der Waals surface area contributed by atoms with E-state index >= 15 is 0 Å². The van der Waals surface area contributed by atoms with Crippen LogP contribution in [0.25, 0.3) is 0 Å². The molecule has 0 unspecified atom stereocenters. The van der Waals surface area contributed by atoms with Crippen molar-refractivity contribution in [2.24, 2.45) is 0 Å². The average molecular weight is 313 g/mol. The molecule has 114 valence electrons. The summed E-state index contributed by atoms with van der Waals surface area (Å²) in [5, 5.41) is 0.428. The summed E-state index contributed by atoms with van der Waals surface area (Å²) in [4.78, 5) is 23.3. The van der Waals surface area contributed by atoms with Crippen molar-refractivity contribution in [2.45, 2.75) is 43.1 Å². The maximum Gasteiger partial charge on any atom is 0.240 e. The molecule has 1 aliphatic rings. The molecule has 4 nitrogen and oxygen atoms in total. The maximum atomic E-state index is 12.9. The Balaban J connectivity index is 1.82. The Kier molecular flexibility index (Phi) is 4.43. The lowest BCUT2D eigenvalue weighted by atomic mass is 9.96. The first kappa shape index (κ1) is 15.0. The molecule has 0 spiro atoms. The second-order valence-corrected chi connectivity index (χ2v) is 6.82. The number of aryl methyl sites for hydroxylation is 1. The molecule has 22 heavy (non-hydrogen) atoms.